The van der Waals surface area contributed by atoms with E-state index in [1.165, 1.54) is 0 Å². The third-order valence-corrected chi connectivity index (χ3v) is 0. The Bertz CT molecular complexity index is 4.00. The fourth-order valence-corrected chi connectivity index (χ4v) is 0. The molecule has 4 heavy (non-hydrogen) atoms. The predicted molar refractivity (Wildman–Crippen MR) is 3.71 cm³/mol. The molecule has 0 fully saturated rings. The van der Waals surface area contributed by atoms with Gasteiger partial charge in [-0.05, 0) is 0 Å². The Labute approximate surface area is 42.1 Å². The minimum Gasteiger partial charge on any atom is 0 e. The molecule has 0 unspecified atom stereocenters. The van der Waals surface area contributed by atoms with E-state index in [4.69, 9.17) is 5.26 Å². The molecule has 0 radical (unpaired) electrons. The molecule has 0 atom stereocenters. The third kappa shape index (κ3) is 12.9. The van der Waals surface area contributed by atoms with Gasteiger partial charge in [0.25, 0.3) is 0 Å². The van der Waals surface area contributed by atoms with Crippen LogP contribution in [0.2, 0.25) is 0 Å². The van der Waals surface area contributed by atoms with Gasteiger partial charge >= 0.3 is 25.1 Å². The number of rotatable bonds is 0. The molecule has 0 aliphatic rings. The van der Waals surface area contributed by atoms with Crippen molar-refractivity contribution in [1.82, 2.24) is 0 Å². The van der Waals surface area contributed by atoms with Crippen LogP contribution in [-0.4, -0.2) is 5.26 Å². The van der Waals surface area contributed by atoms with Gasteiger partial charge in [0.15, 0.2) is 0 Å². The van der Waals surface area contributed by atoms with Gasteiger partial charge < -0.3 is 0 Å². The molecule has 33 valence electrons. The fourth-order valence-electron chi connectivity index (χ4n) is 0. The molecule has 0 heterocycles. The van der Waals surface area contributed by atoms with Crippen LogP contribution < -0.4 is 0 Å². The van der Waals surface area contributed by atoms with Gasteiger partial charge in [-0.25, -0.2) is 0 Å². The van der Waals surface area contributed by atoms with Crippen molar-refractivity contribution in [2.24, 2.45) is 0 Å². The van der Waals surface area contributed by atoms with E-state index in [1.807, 2.05) is 0 Å². The molecule has 2 nitrogen and oxygen atoms in total. The van der Waals surface area contributed by atoms with Crippen molar-refractivity contribution in [2.75, 3.05) is 0 Å². The van der Waals surface area contributed by atoms with Crippen LogP contribution in [-0.2, 0) is 36.3 Å². The average molecular weight is 150 g/mol. The Hall–Kier alpha value is 0.907. The van der Waals surface area contributed by atoms with Crippen LogP contribution in [0.1, 0.15) is 0 Å². The predicted octanol–water partition coefficient (Wildman–Crippen LogP) is -0.0647. The molecule has 4 heteroatoms. The van der Waals surface area contributed by atoms with E-state index < -0.39 is 0 Å². The minimum absolute atomic E-state index is 0. The molecule has 0 amide bonds. The fraction of sp³-hybridized carbons (Fsp3) is 0. The van der Waals surface area contributed by atoms with Crippen LogP contribution in [0.25, 0.3) is 0 Å². The Morgan fingerprint density at radius 3 is 1.75 bits per heavy atom. The third-order valence-electron chi connectivity index (χ3n) is 0. The standard InChI is InChI=1S/2Ni.H2O2/c;;1-2/h;;1-2H/q;+1;/p-1. The summed E-state index contributed by atoms with van der Waals surface area (Å²) in [6, 6.07) is 0. The summed E-state index contributed by atoms with van der Waals surface area (Å²) in [7, 11) is 0. The maximum Gasteiger partial charge on any atom is 0 e. The molecule has 0 saturated heterocycles. The van der Waals surface area contributed by atoms with Crippen molar-refractivity contribution < 1.29 is 41.6 Å². The molecule has 0 saturated carbocycles. The van der Waals surface area contributed by atoms with Crippen molar-refractivity contribution >= 4 is 0 Å². The normalized spacial score (nSPS) is 4.75. The summed E-state index contributed by atoms with van der Waals surface area (Å²) >= 11 is 3.22. The van der Waals surface area contributed by atoms with Gasteiger partial charge in [0, 0.05) is 16.5 Å². The van der Waals surface area contributed by atoms with Crippen LogP contribution in [0.15, 0.2) is 0 Å². The topological polar surface area (TPSA) is 29.5 Å². The Morgan fingerprint density at radius 2 is 1.75 bits per heavy atom. The summed E-state index contributed by atoms with van der Waals surface area (Å²) < 4.78 is 2.88. The monoisotopic (exact) mass is 149 g/mol. The number of hydrogen-bond donors (Lipinski definition) is 1. The quantitative estimate of drug-likeness (QED) is 0.298. The molecule has 0 aliphatic carbocycles. The van der Waals surface area contributed by atoms with Crippen LogP contribution in [0, 0.1) is 0 Å². The summed E-state index contributed by atoms with van der Waals surface area (Å²) in [5.74, 6) is 0. The van der Waals surface area contributed by atoms with Crippen molar-refractivity contribution in [1.29, 1.82) is 0 Å². The molecule has 0 aromatic heterocycles. The zero-order valence-corrected chi connectivity index (χ0v) is 3.46. The minimum atomic E-state index is 0. The van der Waals surface area contributed by atoms with Crippen molar-refractivity contribution in [3.05, 3.63) is 0 Å². The summed E-state index contributed by atoms with van der Waals surface area (Å²) in [4.78, 5) is 0. The Balaban J connectivity index is 0. The van der Waals surface area contributed by atoms with E-state index in [2.05, 4.69) is 19.8 Å². The molecule has 0 bridgehead atoms. The smallest absolute Gasteiger partial charge is 0 e. The van der Waals surface area contributed by atoms with Gasteiger partial charge in [-0.3, -0.25) is 0 Å². The van der Waals surface area contributed by atoms with Crippen LogP contribution in [0.4, 0.5) is 0 Å². The molecular weight excluding hydrogens is 149 g/mol. The second kappa shape index (κ2) is 9.08. The van der Waals surface area contributed by atoms with E-state index >= 15 is 0 Å². The molecule has 0 aromatic carbocycles. The second-order valence-corrected chi connectivity index (χ2v) is 0.238. The first-order valence-corrected chi connectivity index (χ1v) is 0.715. The van der Waals surface area contributed by atoms with Crippen molar-refractivity contribution in [2.45, 2.75) is 0 Å². The van der Waals surface area contributed by atoms with Crippen LogP contribution >= 0.6 is 0 Å². The molecule has 0 aliphatic heterocycles. The van der Waals surface area contributed by atoms with Gasteiger partial charge in [0.05, 0.1) is 0 Å². The van der Waals surface area contributed by atoms with Gasteiger partial charge in [-0.2, -0.15) is 0 Å². The average Bonchev–Trinajstić information content (AvgIpc) is 0.918. The van der Waals surface area contributed by atoms with E-state index in [9.17, 15) is 0 Å². The summed E-state index contributed by atoms with van der Waals surface area (Å²) in [6.07, 6.45) is 0. The van der Waals surface area contributed by atoms with Crippen LogP contribution in [0.3, 0.4) is 0 Å². The summed E-state index contributed by atoms with van der Waals surface area (Å²) in [6.45, 7) is 0. The molecule has 1 N–H and O–H groups in total. The molecule has 0 aromatic rings. The van der Waals surface area contributed by atoms with E-state index in [0.29, 0.717) is 0 Å². The first-order valence-electron chi connectivity index (χ1n) is 0.312. The summed E-state index contributed by atoms with van der Waals surface area (Å²) in [5.41, 5.74) is 0. The van der Waals surface area contributed by atoms with Crippen molar-refractivity contribution in [3.8, 4) is 0 Å². The van der Waals surface area contributed by atoms with Crippen LogP contribution in [0.5, 0.6) is 0 Å². The van der Waals surface area contributed by atoms with Gasteiger partial charge in [0.2, 0.25) is 0 Å². The largest absolute Gasteiger partial charge is 0 e. The van der Waals surface area contributed by atoms with Gasteiger partial charge in [-0.1, -0.05) is 0 Å². The van der Waals surface area contributed by atoms with E-state index in [-0.39, 0.29) is 16.5 Å². The maximum atomic E-state index is 6.90. The zero-order valence-electron chi connectivity index (χ0n) is 1.49. The molecular formula is HNi2O2. The first-order chi connectivity index (χ1) is 1.41. The Kier molecular flexibility index (Phi) is 20.1. The summed E-state index contributed by atoms with van der Waals surface area (Å²) in [5, 5.41) is 6.90. The van der Waals surface area contributed by atoms with E-state index in [1.54, 1.807) is 0 Å². The molecule has 0 spiro atoms. The number of hydrogen-bond acceptors (Lipinski definition) is 2. The second-order valence-electron chi connectivity index (χ2n) is 0.0577. The molecule has 0 rings (SSSR count). The van der Waals surface area contributed by atoms with Gasteiger partial charge in [-0.15, -0.1) is 0 Å². The van der Waals surface area contributed by atoms with Gasteiger partial charge in [0.1, 0.15) is 0 Å². The first kappa shape index (κ1) is 8.86. The SMILES string of the molecule is O[O][Ni].[Ni]. The zero-order chi connectivity index (χ0) is 2.71. The maximum absolute atomic E-state index is 6.90. The van der Waals surface area contributed by atoms with Crippen molar-refractivity contribution in [3.63, 3.8) is 0 Å². The Morgan fingerprint density at radius 1 is 1.75 bits per heavy atom. The van der Waals surface area contributed by atoms with E-state index in [0.717, 1.165) is 0 Å².